The number of amides is 1. The number of benzene rings is 3. The molecule has 1 amide bonds. The third-order valence-electron chi connectivity index (χ3n) is 6.71. The van der Waals surface area contributed by atoms with Gasteiger partial charge in [-0.1, -0.05) is 56.3 Å². The van der Waals surface area contributed by atoms with Gasteiger partial charge in [-0.3, -0.25) is 9.59 Å². The highest BCUT2D eigenvalue weighted by molar-refractivity contribution is 6.46. The minimum absolute atomic E-state index is 0.0305. The first kappa shape index (κ1) is 25.3. The number of aliphatic hydroxyl groups is 1. The maximum Gasteiger partial charge on any atom is 0.295 e. The average Bonchev–Trinajstić information content (AvgIpc) is 3.15. The van der Waals surface area contributed by atoms with Crippen LogP contribution in [-0.2, 0) is 9.59 Å². The summed E-state index contributed by atoms with van der Waals surface area (Å²) in [6, 6.07) is 17.1. The van der Waals surface area contributed by atoms with E-state index in [4.69, 9.17) is 4.74 Å². The quantitative estimate of drug-likeness (QED) is 0.258. The predicted molar refractivity (Wildman–Crippen MR) is 140 cm³/mol. The number of likely N-dealkylation sites (tertiary alicyclic amines) is 1. The Hall–Kier alpha value is -3.84. The lowest BCUT2D eigenvalue weighted by Gasteiger charge is -2.28. The summed E-state index contributed by atoms with van der Waals surface area (Å²) < 4.78 is 5.56. The van der Waals surface area contributed by atoms with E-state index in [9.17, 15) is 19.8 Å². The number of ketones is 1. The Morgan fingerprint density at radius 2 is 1.69 bits per heavy atom. The molecule has 1 atom stereocenters. The first-order chi connectivity index (χ1) is 17.4. The predicted octanol–water partition coefficient (Wildman–Crippen LogP) is 4.71. The van der Waals surface area contributed by atoms with Crippen molar-refractivity contribution < 1.29 is 24.5 Å². The number of carbonyl (C=O) groups is 2. The number of fused-ring (bicyclic) bond motifs is 1. The smallest absolute Gasteiger partial charge is 0.295 e. The molecular weight excluding hydrogens is 456 g/mol. The van der Waals surface area contributed by atoms with Crippen LogP contribution in [0.3, 0.4) is 0 Å². The Bertz CT molecular complexity index is 1310. The molecular formula is C29H32N2O5. The van der Waals surface area contributed by atoms with E-state index in [0.717, 1.165) is 23.9 Å². The zero-order valence-electron chi connectivity index (χ0n) is 20.9. The fourth-order valence-electron chi connectivity index (χ4n) is 4.71. The molecule has 1 fully saturated rings. The number of hydrogen-bond donors (Lipinski definition) is 2. The molecule has 1 heterocycles. The number of phenols is 1. The molecule has 1 aliphatic heterocycles. The number of nitrogens with zero attached hydrogens (tertiary/aromatic N) is 2. The van der Waals surface area contributed by atoms with E-state index in [1.165, 1.54) is 11.0 Å². The number of phenolic OH excluding ortho intramolecular Hbond substituents is 1. The van der Waals surface area contributed by atoms with Crippen molar-refractivity contribution >= 4 is 28.2 Å². The second-order valence-electron chi connectivity index (χ2n) is 8.74. The van der Waals surface area contributed by atoms with Gasteiger partial charge < -0.3 is 24.7 Å². The SMILES string of the molecule is CCOc1cc(C2/C(=C(\O)c3ccc4ccccc4c3)C(=O)C(=O)N2CCN(CC)CC)ccc1O. The van der Waals surface area contributed by atoms with Crippen molar-refractivity contribution in [2.24, 2.45) is 0 Å². The van der Waals surface area contributed by atoms with Crippen LogP contribution in [0.5, 0.6) is 11.5 Å². The van der Waals surface area contributed by atoms with E-state index in [1.807, 2.05) is 57.2 Å². The van der Waals surface area contributed by atoms with E-state index in [1.54, 1.807) is 18.2 Å². The molecule has 3 aromatic carbocycles. The fourth-order valence-corrected chi connectivity index (χ4v) is 4.71. The number of Topliss-reactive ketones (excluding diaryl/α,β-unsaturated/α-hetero) is 1. The molecule has 36 heavy (non-hydrogen) atoms. The highest BCUT2D eigenvalue weighted by Gasteiger charge is 2.46. The van der Waals surface area contributed by atoms with Crippen molar-refractivity contribution in [3.8, 4) is 11.5 Å². The van der Waals surface area contributed by atoms with Crippen molar-refractivity contribution in [1.82, 2.24) is 9.80 Å². The standard InChI is InChI=1S/C29H32N2O5/c1-4-30(5-2)15-16-31-26(21-13-14-23(32)24(18-21)36-6-3)25(28(34)29(31)35)27(33)22-12-11-19-9-7-8-10-20(19)17-22/h7-14,17-18,26,32-33H,4-6,15-16H2,1-3H3/b27-25+. The van der Waals surface area contributed by atoms with Crippen LogP contribution < -0.4 is 4.74 Å². The van der Waals surface area contributed by atoms with E-state index in [-0.39, 0.29) is 22.8 Å². The minimum Gasteiger partial charge on any atom is -0.507 e. The number of likely N-dealkylation sites (N-methyl/N-ethyl adjacent to an activating group) is 1. The molecule has 1 unspecified atom stereocenters. The molecule has 1 saturated heterocycles. The topological polar surface area (TPSA) is 90.3 Å². The van der Waals surface area contributed by atoms with Crippen LogP contribution in [0.15, 0.2) is 66.2 Å². The summed E-state index contributed by atoms with van der Waals surface area (Å²) in [5.41, 5.74) is 1.07. The zero-order valence-corrected chi connectivity index (χ0v) is 20.9. The molecule has 7 nitrogen and oxygen atoms in total. The van der Waals surface area contributed by atoms with Gasteiger partial charge in [-0.05, 0) is 54.5 Å². The van der Waals surface area contributed by atoms with E-state index < -0.39 is 17.7 Å². The third-order valence-corrected chi connectivity index (χ3v) is 6.71. The van der Waals surface area contributed by atoms with Crippen molar-refractivity contribution in [2.45, 2.75) is 26.8 Å². The van der Waals surface area contributed by atoms with Crippen LogP contribution in [0.2, 0.25) is 0 Å². The molecule has 4 rings (SSSR count). The van der Waals surface area contributed by atoms with Gasteiger partial charge in [0, 0.05) is 18.7 Å². The van der Waals surface area contributed by atoms with Crippen LogP contribution in [0.1, 0.15) is 37.9 Å². The van der Waals surface area contributed by atoms with Crippen molar-refractivity contribution in [3.05, 3.63) is 77.4 Å². The summed E-state index contributed by atoms with van der Waals surface area (Å²) in [5, 5.41) is 23.6. The monoisotopic (exact) mass is 488 g/mol. The summed E-state index contributed by atoms with van der Waals surface area (Å²) in [5.74, 6) is -1.37. The molecule has 2 N–H and O–H groups in total. The summed E-state index contributed by atoms with van der Waals surface area (Å²) >= 11 is 0. The van der Waals surface area contributed by atoms with Gasteiger partial charge >= 0.3 is 0 Å². The number of carbonyl (C=O) groups excluding carboxylic acids is 2. The molecule has 1 aliphatic rings. The van der Waals surface area contributed by atoms with Crippen molar-refractivity contribution in [2.75, 3.05) is 32.8 Å². The van der Waals surface area contributed by atoms with E-state index in [2.05, 4.69) is 4.90 Å². The van der Waals surface area contributed by atoms with Crippen LogP contribution in [0, 0.1) is 0 Å². The molecule has 7 heteroatoms. The van der Waals surface area contributed by atoms with Gasteiger partial charge in [-0.15, -0.1) is 0 Å². The zero-order chi connectivity index (χ0) is 25.8. The average molecular weight is 489 g/mol. The molecule has 3 aromatic rings. The normalized spacial score (nSPS) is 17.3. The lowest BCUT2D eigenvalue weighted by molar-refractivity contribution is -0.140. The summed E-state index contributed by atoms with van der Waals surface area (Å²) in [4.78, 5) is 30.3. The maximum atomic E-state index is 13.3. The van der Waals surface area contributed by atoms with Crippen LogP contribution in [-0.4, -0.2) is 64.5 Å². The van der Waals surface area contributed by atoms with Crippen LogP contribution in [0.4, 0.5) is 0 Å². The summed E-state index contributed by atoms with van der Waals surface area (Å²) in [6.07, 6.45) is 0. The number of rotatable bonds is 9. The molecule has 0 aliphatic carbocycles. The second kappa shape index (κ2) is 10.8. The number of aromatic hydroxyl groups is 1. The van der Waals surface area contributed by atoms with Gasteiger partial charge in [0.05, 0.1) is 18.2 Å². The third kappa shape index (κ3) is 4.79. The molecule has 0 spiro atoms. The Labute approximate surface area is 211 Å². The van der Waals surface area contributed by atoms with Crippen molar-refractivity contribution in [1.29, 1.82) is 0 Å². The minimum atomic E-state index is -0.813. The maximum absolute atomic E-state index is 13.3. The molecule has 0 aromatic heterocycles. The molecule has 0 radical (unpaired) electrons. The van der Waals surface area contributed by atoms with E-state index >= 15 is 0 Å². The first-order valence-corrected chi connectivity index (χ1v) is 12.3. The summed E-state index contributed by atoms with van der Waals surface area (Å²) in [7, 11) is 0. The van der Waals surface area contributed by atoms with Crippen molar-refractivity contribution in [3.63, 3.8) is 0 Å². The van der Waals surface area contributed by atoms with Gasteiger partial charge in [0.15, 0.2) is 11.5 Å². The van der Waals surface area contributed by atoms with Gasteiger partial charge in [0.1, 0.15) is 5.76 Å². The Balaban J connectivity index is 1.85. The molecule has 0 bridgehead atoms. The van der Waals surface area contributed by atoms with E-state index in [0.29, 0.717) is 30.8 Å². The molecule has 0 saturated carbocycles. The largest absolute Gasteiger partial charge is 0.507 e. The first-order valence-electron chi connectivity index (χ1n) is 12.3. The van der Waals surface area contributed by atoms with Gasteiger partial charge in [0.25, 0.3) is 11.7 Å². The Kier molecular flexibility index (Phi) is 7.60. The van der Waals surface area contributed by atoms with Crippen LogP contribution >= 0.6 is 0 Å². The molecule has 188 valence electrons. The van der Waals surface area contributed by atoms with Gasteiger partial charge in [-0.25, -0.2) is 0 Å². The lowest BCUT2D eigenvalue weighted by Crippen LogP contribution is -2.38. The number of ether oxygens (including phenoxy) is 1. The van der Waals surface area contributed by atoms with Gasteiger partial charge in [-0.2, -0.15) is 0 Å². The Morgan fingerprint density at radius 3 is 2.39 bits per heavy atom. The second-order valence-corrected chi connectivity index (χ2v) is 8.74. The van der Waals surface area contributed by atoms with Crippen LogP contribution in [0.25, 0.3) is 16.5 Å². The Morgan fingerprint density at radius 1 is 0.972 bits per heavy atom. The summed E-state index contributed by atoms with van der Waals surface area (Å²) in [6.45, 7) is 8.77. The fraction of sp³-hybridized carbons (Fsp3) is 0.310. The number of hydrogen-bond acceptors (Lipinski definition) is 6. The highest BCUT2D eigenvalue weighted by atomic mass is 16.5. The lowest BCUT2D eigenvalue weighted by atomic mass is 9.94. The highest BCUT2D eigenvalue weighted by Crippen LogP contribution is 2.42. The number of aliphatic hydroxyl groups excluding tert-OH is 1. The van der Waals surface area contributed by atoms with Gasteiger partial charge in [0.2, 0.25) is 0 Å².